The summed E-state index contributed by atoms with van der Waals surface area (Å²) in [6.45, 7) is 2.32. The van der Waals surface area contributed by atoms with E-state index in [-0.39, 0.29) is 9.70 Å². The Balaban J connectivity index is 1.65. The van der Waals surface area contributed by atoms with Crippen LogP contribution in [-0.2, 0) is 6.54 Å². The summed E-state index contributed by atoms with van der Waals surface area (Å²) in [6, 6.07) is 14.7. The number of rotatable bonds is 7. The van der Waals surface area contributed by atoms with Gasteiger partial charge in [-0.15, -0.1) is 0 Å². The van der Waals surface area contributed by atoms with E-state index in [1.165, 1.54) is 0 Å². The molecule has 1 aliphatic carbocycles. The molecule has 160 valence electrons. The largest absolute Gasteiger partial charge is 0.496 e. The van der Waals surface area contributed by atoms with Gasteiger partial charge in [0.25, 0.3) is 3.91 Å². The van der Waals surface area contributed by atoms with Crippen LogP contribution in [-0.4, -0.2) is 40.8 Å². The maximum atomic E-state index is 11.6. The van der Waals surface area contributed by atoms with Crippen LogP contribution in [0.15, 0.2) is 42.5 Å². The molecule has 1 saturated carbocycles. The number of nitrogens with one attached hydrogen (secondary N) is 1. The number of carbonyl (C=O) groups is 2. The highest BCUT2D eigenvalue weighted by atomic mass is 127. The summed E-state index contributed by atoms with van der Waals surface area (Å²) in [5.41, 5.74) is 4.02. The number of methoxy groups -OCH3 is 1. The van der Waals surface area contributed by atoms with Crippen LogP contribution in [0.4, 0.5) is 4.79 Å². The summed E-state index contributed by atoms with van der Waals surface area (Å²) >= 11 is 1.86. The monoisotopic (exact) mass is 520 g/mol. The molecule has 2 aromatic carbocycles. The standard InChI is InChI=1S/C24H29IN2O3/c1-16(28)17-4-6-18(7-5-17)19-8-13-23(30-3)20(14-19)15-26-21-9-11-22(12-10-21)27(2)24(25)29/h4-8,13-14,21-22,26H,9-12,15H2,1-3H3. The molecule has 3 rings (SSSR count). The molecule has 2 aromatic rings. The highest BCUT2D eigenvalue weighted by molar-refractivity contribution is 14.1. The molecule has 0 saturated heterocycles. The fourth-order valence-corrected chi connectivity index (χ4v) is 4.45. The van der Waals surface area contributed by atoms with Crippen molar-refractivity contribution in [2.45, 2.75) is 51.2 Å². The third kappa shape index (κ3) is 5.60. The number of halogens is 1. The van der Waals surface area contributed by atoms with Gasteiger partial charge in [-0.05, 0) is 55.9 Å². The fraction of sp³-hybridized carbons (Fsp3) is 0.417. The van der Waals surface area contributed by atoms with E-state index in [9.17, 15) is 9.59 Å². The third-order valence-corrected chi connectivity index (χ3v) is 6.77. The van der Waals surface area contributed by atoms with Gasteiger partial charge in [0.05, 0.1) is 7.11 Å². The van der Waals surface area contributed by atoms with E-state index in [0.29, 0.717) is 12.1 Å². The summed E-state index contributed by atoms with van der Waals surface area (Å²) in [4.78, 5) is 24.9. The van der Waals surface area contributed by atoms with E-state index >= 15 is 0 Å². The van der Waals surface area contributed by atoms with Crippen molar-refractivity contribution in [2.24, 2.45) is 0 Å². The Kier molecular flexibility index (Phi) is 7.88. The third-order valence-electron chi connectivity index (χ3n) is 6.01. The summed E-state index contributed by atoms with van der Waals surface area (Å²) < 4.78 is 5.68. The Bertz CT molecular complexity index is 890. The van der Waals surface area contributed by atoms with Crippen molar-refractivity contribution in [3.05, 3.63) is 53.6 Å². The highest BCUT2D eigenvalue weighted by Gasteiger charge is 2.25. The SMILES string of the molecule is COc1ccc(-c2ccc(C(C)=O)cc2)cc1CNC1CCC(N(C)C(=O)I)CC1. The van der Waals surface area contributed by atoms with Gasteiger partial charge < -0.3 is 15.0 Å². The summed E-state index contributed by atoms with van der Waals surface area (Å²) in [7, 11) is 3.59. The van der Waals surface area contributed by atoms with Crippen molar-refractivity contribution >= 4 is 32.3 Å². The zero-order chi connectivity index (χ0) is 21.7. The van der Waals surface area contributed by atoms with E-state index in [4.69, 9.17) is 4.74 Å². The van der Waals surface area contributed by atoms with E-state index in [2.05, 4.69) is 11.4 Å². The molecule has 0 radical (unpaired) electrons. The summed E-state index contributed by atoms with van der Waals surface area (Å²) in [5.74, 6) is 0.945. The van der Waals surface area contributed by atoms with Crippen LogP contribution in [0.25, 0.3) is 11.1 Å². The first kappa shape index (κ1) is 22.7. The van der Waals surface area contributed by atoms with Crippen molar-refractivity contribution in [2.75, 3.05) is 14.2 Å². The second-order valence-corrected chi connectivity index (χ2v) is 8.83. The van der Waals surface area contributed by atoms with Gasteiger partial charge in [0.2, 0.25) is 0 Å². The number of hydrogen-bond donors (Lipinski definition) is 1. The van der Waals surface area contributed by atoms with Gasteiger partial charge in [0.15, 0.2) is 5.78 Å². The average molecular weight is 520 g/mol. The minimum absolute atomic E-state index is 0.0740. The minimum atomic E-state index is 0.0740. The topological polar surface area (TPSA) is 58.6 Å². The predicted molar refractivity (Wildman–Crippen MR) is 128 cm³/mol. The molecule has 1 amide bonds. The molecule has 1 fully saturated rings. The molecule has 0 aliphatic heterocycles. The normalized spacial score (nSPS) is 18.7. The van der Waals surface area contributed by atoms with Crippen LogP contribution in [0.2, 0.25) is 0 Å². The molecule has 30 heavy (non-hydrogen) atoms. The fourth-order valence-electron chi connectivity index (χ4n) is 4.06. The molecule has 0 spiro atoms. The van der Waals surface area contributed by atoms with Crippen LogP contribution in [0.3, 0.4) is 0 Å². The number of carbonyl (C=O) groups excluding carboxylic acids is 2. The second kappa shape index (κ2) is 10.4. The molecule has 0 aromatic heterocycles. The van der Waals surface area contributed by atoms with Crippen LogP contribution in [0, 0.1) is 0 Å². The number of hydrogen-bond acceptors (Lipinski definition) is 4. The van der Waals surface area contributed by atoms with Crippen LogP contribution in [0.5, 0.6) is 5.75 Å². The Morgan fingerprint density at radius 2 is 1.70 bits per heavy atom. The molecule has 1 N–H and O–H groups in total. The first-order valence-electron chi connectivity index (χ1n) is 10.3. The van der Waals surface area contributed by atoms with Gasteiger partial charge in [0, 0.05) is 59.4 Å². The Labute approximate surface area is 192 Å². The maximum absolute atomic E-state index is 11.6. The number of benzene rings is 2. The van der Waals surface area contributed by atoms with E-state index in [0.717, 1.165) is 60.2 Å². The van der Waals surface area contributed by atoms with Crippen LogP contribution in [0.1, 0.15) is 48.5 Å². The van der Waals surface area contributed by atoms with Gasteiger partial charge in [0.1, 0.15) is 5.75 Å². The van der Waals surface area contributed by atoms with Crippen LogP contribution >= 0.6 is 22.6 Å². The predicted octanol–water partition coefficient (Wildman–Crippen LogP) is 5.45. The number of amides is 1. The summed E-state index contributed by atoms with van der Waals surface area (Å²) in [6.07, 6.45) is 4.19. The lowest BCUT2D eigenvalue weighted by molar-refractivity contribution is 0.101. The van der Waals surface area contributed by atoms with E-state index in [1.807, 2.05) is 70.9 Å². The molecule has 0 unspecified atom stereocenters. The molecule has 0 atom stereocenters. The molecule has 6 heteroatoms. The van der Waals surface area contributed by atoms with Gasteiger partial charge >= 0.3 is 0 Å². The molecule has 5 nitrogen and oxygen atoms in total. The number of ether oxygens (including phenoxy) is 1. The lowest BCUT2D eigenvalue weighted by Crippen LogP contribution is -2.41. The highest BCUT2D eigenvalue weighted by Crippen LogP contribution is 2.28. The maximum Gasteiger partial charge on any atom is 0.283 e. The molecular formula is C24H29IN2O3. The van der Waals surface area contributed by atoms with Gasteiger partial charge in [-0.2, -0.15) is 0 Å². The first-order chi connectivity index (χ1) is 14.4. The average Bonchev–Trinajstić information content (AvgIpc) is 2.77. The van der Waals surface area contributed by atoms with Crippen molar-refractivity contribution in [1.82, 2.24) is 10.2 Å². The van der Waals surface area contributed by atoms with Crippen molar-refractivity contribution in [1.29, 1.82) is 0 Å². The summed E-state index contributed by atoms with van der Waals surface area (Å²) in [5, 5.41) is 3.67. The molecule has 0 bridgehead atoms. The Morgan fingerprint density at radius 1 is 1.07 bits per heavy atom. The number of nitrogens with zero attached hydrogens (tertiary/aromatic N) is 1. The number of ketones is 1. The van der Waals surface area contributed by atoms with Crippen molar-refractivity contribution in [3.63, 3.8) is 0 Å². The van der Waals surface area contributed by atoms with Crippen molar-refractivity contribution < 1.29 is 14.3 Å². The van der Waals surface area contributed by atoms with E-state index < -0.39 is 0 Å². The molecule has 0 heterocycles. The molecular weight excluding hydrogens is 491 g/mol. The van der Waals surface area contributed by atoms with Gasteiger partial charge in [-0.25, -0.2) is 0 Å². The number of Topliss-reactive ketones (excluding diaryl/α,β-unsaturated/α-hetero) is 1. The minimum Gasteiger partial charge on any atom is -0.496 e. The van der Waals surface area contributed by atoms with E-state index in [1.54, 1.807) is 14.0 Å². The quantitative estimate of drug-likeness (QED) is 0.228. The van der Waals surface area contributed by atoms with Crippen LogP contribution < -0.4 is 10.1 Å². The second-order valence-electron chi connectivity index (χ2n) is 7.91. The smallest absolute Gasteiger partial charge is 0.283 e. The molecule has 1 aliphatic rings. The van der Waals surface area contributed by atoms with Crippen molar-refractivity contribution in [3.8, 4) is 16.9 Å². The van der Waals surface area contributed by atoms with Gasteiger partial charge in [-0.1, -0.05) is 30.3 Å². The lowest BCUT2D eigenvalue weighted by atomic mass is 9.90. The Hall–Kier alpha value is -1.93. The zero-order valence-electron chi connectivity index (χ0n) is 17.8. The van der Waals surface area contributed by atoms with Gasteiger partial charge in [-0.3, -0.25) is 9.59 Å². The zero-order valence-corrected chi connectivity index (χ0v) is 19.9. The lowest BCUT2D eigenvalue weighted by Gasteiger charge is -2.34. The Morgan fingerprint density at radius 3 is 2.27 bits per heavy atom. The first-order valence-corrected chi connectivity index (χ1v) is 11.4.